The molecule has 6 aromatic rings. The Kier molecular flexibility index (Phi) is 10.7. The summed E-state index contributed by atoms with van der Waals surface area (Å²) in [4.78, 5) is 30.6. The molecule has 2 amide bonds. The van der Waals surface area contributed by atoms with Crippen LogP contribution in [0.15, 0.2) is 70.5 Å². The van der Waals surface area contributed by atoms with Crippen molar-refractivity contribution in [3.8, 4) is 33.4 Å². The van der Waals surface area contributed by atoms with Crippen molar-refractivity contribution in [2.75, 3.05) is 13.1 Å². The highest BCUT2D eigenvalue weighted by Gasteiger charge is 2.44. The minimum Gasteiger partial charge on any atom is -0.293 e. The number of carbonyl (C=O) groups excluding carboxylic acids is 2. The lowest BCUT2D eigenvalue weighted by Gasteiger charge is -2.36. The van der Waals surface area contributed by atoms with Crippen LogP contribution >= 0.6 is 71.4 Å². The summed E-state index contributed by atoms with van der Waals surface area (Å²) < 4.78 is 20.2. The van der Waals surface area contributed by atoms with Crippen LogP contribution < -0.4 is 0 Å². The van der Waals surface area contributed by atoms with Crippen molar-refractivity contribution in [1.29, 1.82) is 0 Å². The first kappa shape index (κ1) is 40.2. The number of benzene rings is 4. The van der Waals surface area contributed by atoms with E-state index in [0.29, 0.717) is 43.4 Å². The second-order valence-corrected chi connectivity index (χ2v) is 20.4. The Bertz CT molecular complexity index is 2640. The molecule has 0 saturated carbocycles. The van der Waals surface area contributed by atoms with Crippen LogP contribution in [0, 0.1) is 11.8 Å². The van der Waals surface area contributed by atoms with Gasteiger partial charge in [-0.1, -0.05) is 124 Å². The third kappa shape index (κ3) is 6.80. The summed E-state index contributed by atoms with van der Waals surface area (Å²) in [6.45, 7) is 14.2. The largest absolute Gasteiger partial charge is 0.293 e. The number of rotatable bonds is 10. The third-order valence-corrected chi connectivity index (χ3v) is 15.2. The van der Waals surface area contributed by atoms with Gasteiger partial charge in [-0.05, 0) is 96.2 Å². The van der Waals surface area contributed by atoms with E-state index < -0.39 is 0 Å². The summed E-state index contributed by atoms with van der Waals surface area (Å²) >= 11 is 16.0. The third-order valence-electron chi connectivity index (χ3n) is 11.3. The van der Waals surface area contributed by atoms with Crippen LogP contribution in [0.5, 0.6) is 0 Å². The molecule has 0 spiro atoms. The Morgan fingerprint density at radius 3 is 1.36 bits per heavy atom. The van der Waals surface area contributed by atoms with Gasteiger partial charge in [0.2, 0.25) is 0 Å². The van der Waals surface area contributed by atoms with E-state index in [1.54, 1.807) is 9.80 Å². The number of thiocarbonyl (C=S) groups is 2. The zero-order valence-corrected chi connectivity index (χ0v) is 38.3. The summed E-state index contributed by atoms with van der Waals surface area (Å²) in [7, 11) is 0. The van der Waals surface area contributed by atoms with Crippen LogP contribution in [0.3, 0.4) is 0 Å². The second-order valence-electron chi connectivity index (χ2n) is 16.0. The maximum absolute atomic E-state index is 13.1. The van der Waals surface area contributed by atoms with Crippen molar-refractivity contribution in [3.63, 3.8) is 0 Å². The molecule has 0 bridgehead atoms. The molecule has 0 radical (unpaired) electrons. The molecule has 1 aliphatic carbocycles. The van der Waals surface area contributed by atoms with Crippen LogP contribution in [-0.2, 0) is 15.0 Å². The topological polar surface area (TPSA) is 92.2 Å². The van der Waals surface area contributed by atoms with E-state index in [2.05, 4.69) is 88.4 Å². The van der Waals surface area contributed by atoms with E-state index in [1.165, 1.54) is 69.2 Å². The molecule has 298 valence electrons. The summed E-state index contributed by atoms with van der Waals surface area (Å²) in [6.07, 6.45) is 5.79. The highest BCUT2D eigenvalue weighted by Crippen LogP contribution is 2.57. The lowest BCUT2D eigenvalue weighted by Crippen LogP contribution is -2.29. The summed E-state index contributed by atoms with van der Waals surface area (Å²) in [5.41, 5.74) is 14.1. The molecule has 3 aliphatic rings. The van der Waals surface area contributed by atoms with Gasteiger partial charge >= 0.3 is 0 Å². The maximum atomic E-state index is 13.1. The van der Waals surface area contributed by atoms with Crippen LogP contribution in [0.25, 0.3) is 67.6 Å². The van der Waals surface area contributed by atoms with Crippen LogP contribution in [0.2, 0.25) is 0 Å². The molecule has 2 aliphatic heterocycles. The van der Waals surface area contributed by atoms with Crippen molar-refractivity contribution in [2.24, 2.45) is 11.8 Å². The number of hydrogen-bond acceptors (Lipinski definition) is 12. The molecular weight excluding hydrogens is 849 g/mol. The molecule has 0 atom stereocenters. The van der Waals surface area contributed by atoms with E-state index >= 15 is 0 Å². The quantitative estimate of drug-likeness (QED) is 0.0978. The van der Waals surface area contributed by atoms with Crippen molar-refractivity contribution in [1.82, 2.24) is 27.3 Å². The number of amides is 2. The molecule has 8 nitrogen and oxygen atoms in total. The molecule has 0 unspecified atom stereocenters. The number of nitrogens with zero attached hydrogens (tertiary/aromatic N) is 6. The van der Waals surface area contributed by atoms with E-state index in [-0.39, 0.29) is 17.2 Å². The zero-order valence-electron chi connectivity index (χ0n) is 33.4. The van der Waals surface area contributed by atoms with Gasteiger partial charge in [0, 0.05) is 40.8 Å². The maximum Gasteiger partial charge on any atom is 0.266 e. The SMILES string of the molecule is CCN1C(=O)/C(=C/c2ccc(-c3ccc4c(c3)C(CC(C)C)(CC(C)C)c3cc(-c5ccc(/C=C6/SC(=S)N(CC)C6=O)c6nsnc56)ccc3-4)c3nsnc23)SC1=S. The molecule has 4 heterocycles. The first-order valence-corrected chi connectivity index (χ1v) is 23.6. The minimum atomic E-state index is -0.236. The molecular formula is C45H40N6O2S6. The highest BCUT2D eigenvalue weighted by atomic mass is 32.2. The molecule has 59 heavy (non-hydrogen) atoms. The van der Waals surface area contributed by atoms with Gasteiger partial charge in [-0.15, -0.1) is 0 Å². The molecule has 2 aromatic heterocycles. The summed E-state index contributed by atoms with van der Waals surface area (Å²) in [6, 6.07) is 22.2. The number of fused-ring (bicyclic) bond motifs is 5. The Hall–Kier alpha value is -4.18. The van der Waals surface area contributed by atoms with E-state index in [4.69, 9.17) is 41.9 Å². The monoisotopic (exact) mass is 888 g/mol. The molecule has 2 saturated heterocycles. The van der Waals surface area contributed by atoms with E-state index in [0.717, 1.165) is 68.3 Å². The number of carbonyl (C=O) groups is 2. The van der Waals surface area contributed by atoms with Crippen molar-refractivity contribution in [2.45, 2.75) is 59.8 Å². The van der Waals surface area contributed by atoms with Crippen molar-refractivity contribution >= 4 is 126 Å². The van der Waals surface area contributed by atoms with Gasteiger partial charge in [0.1, 0.15) is 30.7 Å². The average Bonchev–Trinajstić information content (AvgIpc) is 4.03. The molecule has 4 aromatic carbocycles. The van der Waals surface area contributed by atoms with Crippen LogP contribution in [0.4, 0.5) is 0 Å². The van der Waals surface area contributed by atoms with E-state index in [1.807, 2.05) is 26.0 Å². The molecule has 0 N–H and O–H groups in total. The Morgan fingerprint density at radius 2 is 0.983 bits per heavy atom. The summed E-state index contributed by atoms with van der Waals surface area (Å²) in [5, 5.41) is 0. The average molecular weight is 889 g/mol. The minimum absolute atomic E-state index is 0.0662. The predicted octanol–water partition coefficient (Wildman–Crippen LogP) is 11.8. The number of aromatic nitrogens is 4. The summed E-state index contributed by atoms with van der Waals surface area (Å²) in [5.74, 6) is 0.736. The van der Waals surface area contributed by atoms with Gasteiger partial charge in [-0.2, -0.15) is 17.5 Å². The number of likely N-dealkylation sites (N-methyl/N-ethyl adjacent to an activating group) is 2. The Morgan fingerprint density at radius 1 is 0.593 bits per heavy atom. The zero-order chi connectivity index (χ0) is 41.3. The van der Waals surface area contributed by atoms with Gasteiger partial charge in [0.05, 0.1) is 33.3 Å². The second kappa shape index (κ2) is 15.7. The molecule has 14 heteroatoms. The fourth-order valence-electron chi connectivity index (χ4n) is 9.05. The highest BCUT2D eigenvalue weighted by molar-refractivity contribution is 8.27. The number of thioether (sulfide) groups is 2. The molecule has 9 rings (SSSR count). The predicted molar refractivity (Wildman–Crippen MR) is 255 cm³/mol. The standard InChI is InChI=1S/C45H40N6O2S6/c1-7-50-41(52)35(56-43(50)54)19-27-11-13-29(39-37(27)46-58-48-39)25-9-15-31-32-16-10-26(18-34(32)45(21-23(3)4,22-24(5)6)33(31)17-25)30-14-12-28(38-40(30)49-59-47-38)20-36-42(53)51(8-2)44(55)57-36/h9-20,23-24H,7-8,21-22H2,1-6H3/b35-19-,36-20+. The lowest BCUT2D eigenvalue weighted by molar-refractivity contribution is -0.122. The Balaban J connectivity index is 1.14. The normalized spacial score (nSPS) is 17.7. The fraction of sp³-hybridized carbons (Fsp3) is 0.289. The first-order chi connectivity index (χ1) is 28.4. The van der Waals surface area contributed by atoms with Gasteiger partial charge in [-0.25, -0.2) is 0 Å². The lowest BCUT2D eigenvalue weighted by atomic mass is 9.67. The fourth-order valence-corrected chi connectivity index (χ4v) is 13.0. The van der Waals surface area contributed by atoms with Crippen molar-refractivity contribution < 1.29 is 9.59 Å². The van der Waals surface area contributed by atoms with Crippen LogP contribution in [-0.4, -0.2) is 60.8 Å². The van der Waals surface area contributed by atoms with Gasteiger partial charge in [0.15, 0.2) is 0 Å². The number of hydrogen-bond donors (Lipinski definition) is 0. The smallest absolute Gasteiger partial charge is 0.266 e. The van der Waals surface area contributed by atoms with Gasteiger partial charge in [0.25, 0.3) is 11.8 Å². The Labute approximate surface area is 371 Å². The molecule has 2 fully saturated rings. The van der Waals surface area contributed by atoms with Crippen molar-refractivity contribution in [3.05, 3.63) is 92.7 Å². The van der Waals surface area contributed by atoms with Gasteiger partial charge < -0.3 is 0 Å². The van der Waals surface area contributed by atoms with Crippen LogP contribution in [0.1, 0.15) is 76.6 Å². The van der Waals surface area contributed by atoms with E-state index in [9.17, 15) is 9.59 Å². The van der Waals surface area contributed by atoms with Gasteiger partial charge in [-0.3, -0.25) is 19.4 Å². The first-order valence-electron chi connectivity index (χ1n) is 19.7.